The zero-order valence-corrected chi connectivity index (χ0v) is 13.3. The first-order chi connectivity index (χ1) is 10.7. The summed E-state index contributed by atoms with van der Waals surface area (Å²) in [6.07, 6.45) is 0. The largest absolute Gasteiger partial charge is 0.490 e. The molecular weight excluding hydrogens is 280 g/mol. The Bertz CT molecular complexity index is 535. The molecule has 0 unspecified atom stereocenters. The molecule has 0 radical (unpaired) electrons. The number of amides is 1. The lowest BCUT2D eigenvalue weighted by atomic mass is 10.0. The van der Waals surface area contributed by atoms with Crippen molar-refractivity contribution in [3.05, 3.63) is 23.8 Å². The molecule has 2 heterocycles. The first-order valence-electron chi connectivity index (χ1n) is 8.12. The molecule has 0 spiro atoms. The fourth-order valence-electron chi connectivity index (χ4n) is 3.39. The van der Waals surface area contributed by atoms with Gasteiger partial charge in [0, 0.05) is 31.7 Å². The number of carbonyl (C=O) groups is 1. The van der Waals surface area contributed by atoms with Crippen LogP contribution in [0.2, 0.25) is 0 Å². The van der Waals surface area contributed by atoms with E-state index in [9.17, 15) is 4.79 Å². The van der Waals surface area contributed by atoms with Crippen molar-refractivity contribution in [3.63, 3.8) is 0 Å². The van der Waals surface area contributed by atoms with Gasteiger partial charge in [-0.05, 0) is 43.9 Å². The van der Waals surface area contributed by atoms with E-state index in [1.165, 1.54) is 0 Å². The summed E-state index contributed by atoms with van der Waals surface area (Å²) < 4.78 is 11.2. The van der Waals surface area contributed by atoms with Crippen LogP contribution in [0.15, 0.2) is 18.2 Å². The molecule has 2 atom stereocenters. The van der Waals surface area contributed by atoms with Gasteiger partial charge in [0.05, 0.1) is 13.2 Å². The van der Waals surface area contributed by atoms with Gasteiger partial charge in [-0.25, -0.2) is 0 Å². The normalized spacial score (nSPS) is 23.5. The first kappa shape index (κ1) is 15.2. The van der Waals surface area contributed by atoms with Crippen LogP contribution in [-0.2, 0) is 0 Å². The Morgan fingerprint density at radius 3 is 2.41 bits per heavy atom. The van der Waals surface area contributed by atoms with Crippen LogP contribution in [0.25, 0.3) is 0 Å². The Morgan fingerprint density at radius 2 is 1.77 bits per heavy atom. The van der Waals surface area contributed by atoms with Gasteiger partial charge in [-0.3, -0.25) is 4.79 Å². The van der Waals surface area contributed by atoms with E-state index in [1.54, 1.807) is 0 Å². The van der Waals surface area contributed by atoms with E-state index in [0.717, 1.165) is 26.2 Å². The van der Waals surface area contributed by atoms with Crippen LogP contribution in [0, 0.1) is 11.8 Å². The third-order valence-electron chi connectivity index (χ3n) is 4.47. The number of rotatable bonds is 5. The molecule has 2 aliphatic rings. The number of nitrogens with zero attached hydrogens (tertiary/aromatic N) is 1. The summed E-state index contributed by atoms with van der Waals surface area (Å²) >= 11 is 0. The van der Waals surface area contributed by atoms with Crippen LogP contribution in [0.1, 0.15) is 24.2 Å². The molecule has 22 heavy (non-hydrogen) atoms. The molecule has 120 valence electrons. The van der Waals surface area contributed by atoms with Crippen LogP contribution >= 0.6 is 0 Å². The van der Waals surface area contributed by atoms with Gasteiger partial charge in [-0.15, -0.1) is 0 Å². The van der Waals surface area contributed by atoms with Crippen molar-refractivity contribution in [2.24, 2.45) is 11.8 Å². The number of fused-ring (bicyclic) bond motifs is 1. The molecule has 2 saturated heterocycles. The van der Waals surface area contributed by atoms with E-state index in [4.69, 9.17) is 9.47 Å². The highest BCUT2D eigenvalue weighted by molar-refractivity contribution is 5.95. The fourth-order valence-corrected chi connectivity index (χ4v) is 3.39. The second-order valence-corrected chi connectivity index (χ2v) is 5.92. The number of ether oxygens (including phenoxy) is 2. The minimum atomic E-state index is 0.0957. The number of likely N-dealkylation sites (tertiary alicyclic amines) is 1. The van der Waals surface area contributed by atoms with Crippen molar-refractivity contribution in [2.75, 3.05) is 39.4 Å². The van der Waals surface area contributed by atoms with Crippen molar-refractivity contribution in [2.45, 2.75) is 13.8 Å². The molecule has 0 bridgehead atoms. The Kier molecular flexibility index (Phi) is 4.52. The predicted molar refractivity (Wildman–Crippen MR) is 84.5 cm³/mol. The van der Waals surface area contributed by atoms with Gasteiger partial charge in [0.2, 0.25) is 0 Å². The van der Waals surface area contributed by atoms with Gasteiger partial charge in [-0.1, -0.05) is 0 Å². The first-order valence-corrected chi connectivity index (χ1v) is 8.12. The topological polar surface area (TPSA) is 50.8 Å². The maximum Gasteiger partial charge on any atom is 0.254 e. The van der Waals surface area contributed by atoms with E-state index in [0.29, 0.717) is 42.1 Å². The monoisotopic (exact) mass is 304 g/mol. The zero-order chi connectivity index (χ0) is 15.5. The molecule has 5 heteroatoms. The molecule has 3 rings (SSSR count). The summed E-state index contributed by atoms with van der Waals surface area (Å²) in [4.78, 5) is 14.7. The van der Waals surface area contributed by atoms with Gasteiger partial charge in [0.1, 0.15) is 0 Å². The minimum Gasteiger partial charge on any atom is -0.490 e. The van der Waals surface area contributed by atoms with Gasteiger partial charge in [-0.2, -0.15) is 0 Å². The van der Waals surface area contributed by atoms with E-state index < -0.39 is 0 Å². The van der Waals surface area contributed by atoms with E-state index in [2.05, 4.69) is 5.32 Å². The smallest absolute Gasteiger partial charge is 0.254 e. The molecule has 0 saturated carbocycles. The summed E-state index contributed by atoms with van der Waals surface area (Å²) in [5.41, 5.74) is 0.680. The molecule has 5 nitrogen and oxygen atoms in total. The average molecular weight is 304 g/mol. The lowest BCUT2D eigenvalue weighted by Crippen LogP contribution is -2.31. The summed E-state index contributed by atoms with van der Waals surface area (Å²) in [6, 6.07) is 5.48. The lowest BCUT2D eigenvalue weighted by molar-refractivity contribution is 0.0781. The van der Waals surface area contributed by atoms with E-state index in [-0.39, 0.29) is 5.91 Å². The van der Waals surface area contributed by atoms with E-state index in [1.807, 2.05) is 36.9 Å². The Hall–Kier alpha value is -1.75. The highest BCUT2D eigenvalue weighted by atomic mass is 16.5. The second-order valence-electron chi connectivity index (χ2n) is 5.92. The summed E-state index contributed by atoms with van der Waals surface area (Å²) in [5, 5.41) is 3.40. The molecular formula is C17H24N2O3. The van der Waals surface area contributed by atoms with Gasteiger partial charge < -0.3 is 19.7 Å². The van der Waals surface area contributed by atoms with Gasteiger partial charge >= 0.3 is 0 Å². The molecule has 1 aromatic rings. The predicted octanol–water partition coefficient (Wildman–Crippen LogP) is 1.78. The molecule has 1 N–H and O–H groups in total. The SMILES string of the molecule is CCOc1ccc(C(=O)N2C[C@H]3CNC[C@H]3C2)cc1OCC. The summed E-state index contributed by atoms with van der Waals surface area (Å²) in [5.74, 6) is 2.66. The number of nitrogens with one attached hydrogen (secondary N) is 1. The number of carbonyl (C=O) groups excluding carboxylic acids is 1. The molecule has 1 amide bonds. The molecule has 0 aromatic heterocycles. The lowest BCUT2D eigenvalue weighted by Gasteiger charge is -2.19. The number of hydrogen-bond acceptors (Lipinski definition) is 4. The van der Waals surface area contributed by atoms with Gasteiger partial charge in [0.15, 0.2) is 11.5 Å². The second kappa shape index (κ2) is 6.57. The van der Waals surface area contributed by atoms with Crippen LogP contribution < -0.4 is 14.8 Å². The van der Waals surface area contributed by atoms with Crippen molar-refractivity contribution >= 4 is 5.91 Å². The minimum absolute atomic E-state index is 0.0957. The maximum absolute atomic E-state index is 12.7. The van der Waals surface area contributed by atoms with Gasteiger partial charge in [0.25, 0.3) is 5.91 Å². The van der Waals surface area contributed by atoms with Crippen LogP contribution in [0.5, 0.6) is 11.5 Å². The van der Waals surface area contributed by atoms with Crippen molar-refractivity contribution in [1.82, 2.24) is 10.2 Å². The summed E-state index contributed by atoms with van der Waals surface area (Å²) in [6.45, 7) is 8.77. The Morgan fingerprint density at radius 1 is 1.14 bits per heavy atom. The quantitative estimate of drug-likeness (QED) is 0.901. The Balaban J connectivity index is 1.76. The van der Waals surface area contributed by atoms with Crippen LogP contribution in [-0.4, -0.2) is 50.2 Å². The third-order valence-corrected chi connectivity index (χ3v) is 4.47. The zero-order valence-electron chi connectivity index (χ0n) is 13.3. The van der Waals surface area contributed by atoms with Crippen molar-refractivity contribution in [3.8, 4) is 11.5 Å². The molecule has 1 aromatic carbocycles. The Labute approximate surface area is 131 Å². The van der Waals surface area contributed by atoms with Crippen LogP contribution in [0.3, 0.4) is 0 Å². The highest BCUT2D eigenvalue weighted by Crippen LogP contribution is 2.31. The molecule has 2 aliphatic heterocycles. The van der Waals surface area contributed by atoms with Crippen molar-refractivity contribution in [1.29, 1.82) is 0 Å². The summed E-state index contributed by atoms with van der Waals surface area (Å²) in [7, 11) is 0. The third kappa shape index (κ3) is 2.90. The standard InChI is InChI=1S/C17H24N2O3/c1-3-21-15-6-5-12(7-16(15)22-4-2)17(20)19-10-13-8-18-9-14(13)11-19/h5-7,13-14,18H,3-4,8-11H2,1-2H3/t13-,14+. The maximum atomic E-state index is 12.7. The number of benzene rings is 1. The highest BCUT2D eigenvalue weighted by Gasteiger charge is 2.38. The van der Waals surface area contributed by atoms with Crippen molar-refractivity contribution < 1.29 is 14.3 Å². The average Bonchev–Trinajstić information content (AvgIpc) is 3.10. The fraction of sp³-hybridized carbons (Fsp3) is 0.588. The van der Waals surface area contributed by atoms with E-state index >= 15 is 0 Å². The number of hydrogen-bond donors (Lipinski definition) is 1. The molecule has 0 aliphatic carbocycles. The molecule has 2 fully saturated rings. The van der Waals surface area contributed by atoms with Crippen LogP contribution in [0.4, 0.5) is 0 Å².